The van der Waals surface area contributed by atoms with E-state index in [1.807, 2.05) is 30.7 Å². The molecule has 4 rings (SSSR count). The molecule has 0 aliphatic rings. The molecular formula is C15H12N4O. The zero-order chi connectivity index (χ0) is 13.5. The fourth-order valence-electron chi connectivity index (χ4n) is 2.51. The van der Waals surface area contributed by atoms with Crippen LogP contribution in [0, 0.1) is 0 Å². The Morgan fingerprint density at radius 3 is 3.00 bits per heavy atom. The molecule has 0 aliphatic carbocycles. The molecule has 0 radical (unpaired) electrons. The van der Waals surface area contributed by atoms with Crippen molar-refractivity contribution in [2.24, 2.45) is 0 Å². The first kappa shape index (κ1) is 11.0. The van der Waals surface area contributed by atoms with Crippen LogP contribution in [0.2, 0.25) is 0 Å². The molecule has 0 atom stereocenters. The molecule has 5 nitrogen and oxygen atoms in total. The molecule has 0 amide bonds. The fraction of sp³-hybridized carbons (Fsp3) is 0.0667. The monoisotopic (exact) mass is 264 g/mol. The van der Waals surface area contributed by atoms with Gasteiger partial charge >= 0.3 is 0 Å². The van der Waals surface area contributed by atoms with Gasteiger partial charge in [-0.2, -0.15) is 0 Å². The lowest BCUT2D eigenvalue weighted by Crippen LogP contribution is -1.87. The Kier molecular flexibility index (Phi) is 2.26. The van der Waals surface area contributed by atoms with Crippen LogP contribution in [0.1, 0.15) is 0 Å². The maximum absolute atomic E-state index is 5.27. The van der Waals surface area contributed by atoms with E-state index in [2.05, 4.69) is 26.0 Å². The zero-order valence-electron chi connectivity index (χ0n) is 10.8. The van der Waals surface area contributed by atoms with Gasteiger partial charge in [-0.3, -0.25) is 0 Å². The average molecular weight is 264 g/mol. The number of hydrogen-bond donors (Lipinski definition) is 2. The number of methoxy groups -OCH3 is 1. The van der Waals surface area contributed by atoms with E-state index in [4.69, 9.17) is 4.74 Å². The Bertz CT molecular complexity index is 906. The van der Waals surface area contributed by atoms with Crippen molar-refractivity contribution in [3.63, 3.8) is 0 Å². The highest BCUT2D eigenvalue weighted by atomic mass is 16.5. The number of nitrogens with one attached hydrogen (secondary N) is 2. The highest BCUT2D eigenvalue weighted by Crippen LogP contribution is 2.32. The lowest BCUT2D eigenvalue weighted by atomic mass is 10.1. The lowest BCUT2D eigenvalue weighted by Gasteiger charge is -2.02. The second-order valence-electron chi connectivity index (χ2n) is 4.58. The number of rotatable bonds is 2. The number of pyridine rings is 2. The summed E-state index contributed by atoms with van der Waals surface area (Å²) >= 11 is 0. The van der Waals surface area contributed by atoms with E-state index in [0.29, 0.717) is 5.88 Å². The molecule has 5 heteroatoms. The molecule has 4 heterocycles. The van der Waals surface area contributed by atoms with Crippen molar-refractivity contribution in [3.05, 3.63) is 43.0 Å². The van der Waals surface area contributed by atoms with Gasteiger partial charge in [-0.25, -0.2) is 9.97 Å². The number of fused-ring (bicyclic) bond motifs is 2. The van der Waals surface area contributed by atoms with Crippen molar-refractivity contribution in [1.29, 1.82) is 0 Å². The molecule has 0 saturated heterocycles. The quantitative estimate of drug-likeness (QED) is 0.584. The summed E-state index contributed by atoms with van der Waals surface area (Å²) in [7, 11) is 1.62. The minimum atomic E-state index is 0.601. The molecule has 4 aromatic heterocycles. The smallest absolute Gasteiger partial charge is 0.238 e. The number of H-pyrrole nitrogens is 2. The van der Waals surface area contributed by atoms with Crippen LogP contribution < -0.4 is 4.74 Å². The first-order chi connectivity index (χ1) is 9.86. The van der Waals surface area contributed by atoms with Gasteiger partial charge < -0.3 is 14.7 Å². The third kappa shape index (κ3) is 1.50. The Hall–Kier alpha value is -2.82. The summed E-state index contributed by atoms with van der Waals surface area (Å²) < 4.78 is 5.27. The van der Waals surface area contributed by atoms with Crippen LogP contribution in [0.25, 0.3) is 33.1 Å². The predicted molar refractivity (Wildman–Crippen MR) is 77.7 cm³/mol. The largest absolute Gasteiger partial charge is 0.479 e. The van der Waals surface area contributed by atoms with Gasteiger partial charge in [0.25, 0.3) is 0 Å². The maximum atomic E-state index is 5.27. The summed E-state index contributed by atoms with van der Waals surface area (Å²) in [6.07, 6.45) is 7.48. The van der Waals surface area contributed by atoms with Crippen LogP contribution in [0.3, 0.4) is 0 Å². The van der Waals surface area contributed by atoms with E-state index in [1.165, 1.54) is 0 Å². The van der Waals surface area contributed by atoms with Crippen LogP contribution in [-0.2, 0) is 0 Å². The zero-order valence-corrected chi connectivity index (χ0v) is 10.8. The van der Waals surface area contributed by atoms with E-state index in [0.717, 1.165) is 33.1 Å². The molecule has 0 unspecified atom stereocenters. The summed E-state index contributed by atoms with van der Waals surface area (Å²) in [5.41, 5.74) is 3.96. The molecule has 0 saturated carbocycles. The van der Waals surface area contributed by atoms with E-state index >= 15 is 0 Å². The summed E-state index contributed by atoms with van der Waals surface area (Å²) in [5.74, 6) is 0.601. The summed E-state index contributed by atoms with van der Waals surface area (Å²) in [6, 6.07) is 6.11. The van der Waals surface area contributed by atoms with Crippen molar-refractivity contribution in [3.8, 4) is 17.0 Å². The van der Waals surface area contributed by atoms with Crippen molar-refractivity contribution in [2.75, 3.05) is 7.11 Å². The molecule has 4 aromatic rings. The number of ether oxygens (including phenoxy) is 1. The second-order valence-corrected chi connectivity index (χ2v) is 4.58. The fourth-order valence-corrected chi connectivity index (χ4v) is 2.51. The SMILES string of the molecule is COc1nccc2c(-c3cnc4[nH]ccc4c3)c[nH]c12. The number of aromatic nitrogens is 4. The van der Waals surface area contributed by atoms with Crippen LogP contribution >= 0.6 is 0 Å². The third-order valence-corrected chi connectivity index (χ3v) is 3.47. The minimum absolute atomic E-state index is 0.601. The number of nitrogens with zero attached hydrogens (tertiary/aromatic N) is 2. The summed E-state index contributed by atoms with van der Waals surface area (Å²) in [5, 5.41) is 2.17. The van der Waals surface area contributed by atoms with Gasteiger partial charge in [0.2, 0.25) is 5.88 Å². The van der Waals surface area contributed by atoms with E-state index in [9.17, 15) is 0 Å². The van der Waals surface area contributed by atoms with Gasteiger partial charge in [-0.05, 0) is 18.2 Å². The van der Waals surface area contributed by atoms with Gasteiger partial charge in [0.15, 0.2) is 0 Å². The van der Waals surface area contributed by atoms with E-state index < -0.39 is 0 Å². The Balaban J connectivity index is 1.97. The lowest BCUT2D eigenvalue weighted by molar-refractivity contribution is 0.402. The highest BCUT2D eigenvalue weighted by Gasteiger charge is 2.11. The molecule has 0 fully saturated rings. The number of hydrogen-bond acceptors (Lipinski definition) is 3. The van der Waals surface area contributed by atoms with Crippen molar-refractivity contribution < 1.29 is 4.74 Å². The van der Waals surface area contributed by atoms with Crippen LogP contribution in [0.15, 0.2) is 43.0 Å². The van der Waals surface area contributed by atoms with Crippen LogP contribution in [0.5, 0.6) is 5.88 Å². The topological polar surface area (TPSA) is 66.6 Å². The van der Waals surface area contributed by atoms with Gasteiger partial charge in [0, 0.05) is 46.7 Å². The van der Waals surface area contributed by atoms with Gasteiger partial charge in [0.1, 0.15) is 11.2 Å². The normalized spacial score (nSPS) is 11.2. The molecule has 0 aliphatic heterocycles. The summed E-state index contributed by atoms with van der Waals surface area (Å²) in [6.45, 7) is 0. The van der Waals surface area contributed by atoms with Crippen LogP contribution in [-0.4, -0.2) is 27.0 Å². The molecule has 0 spiro atoms. The van der Waals surface area contributed by atoms with Gasteiger partial charge in [-0.1, -0.05) is 0 Å². The van der Waals surface area contributed by atoms with Crippen LogP contribution in [0.4, 0.5) is 0 Å². The van der Waals surface area contributed by atoms with Gasteiger partial charge in [-0.15, -0.1) is 0 Å². The average Bonchev–Trinajstić information content (AvgIpc) is 3.12. The van der Waals surface area contributed by atoms with Gasteiger partial charge in [0.05, 0.1) is 7.11 Å². The Labute approximate surface area is 114 Å². The minimum Gasteiger partial charge on any atom is -0.479 e. The van der Waals surface area contributed by atoms with E-state index in [-0.39, 0.29) is 0 Å². The standard InChI is InChI=1S/C15H12N4O/c1-20-15-13-11(3-5-17-15)12(8-18-13)10-6-9-2-4-16-14(9)19-7-10/h2-8,18H,1H3,(H,16,19). The third-order valence-electron chi connectivity index (χ3n) is 3.47. The highest BCUT2D eigenvalue weighted by molar-refractivity contribution is 5.98. The second kappa shape index (κ2) is 4.09. The maximum Gasteiger partial charge on any atom is 0.238 e. The summed E-state index contributed by atoms with van der Waals surface area (Å²) in [4.78, 5) is 15.0. The Morgan fingerprint density at radius 1 is 1.15 bits per heavy atom. The molecule has 0 bridgehead atoms. The number of aromatic amines is 2. The predicted octanol–water partition coefficient (Wildman–Crippen LogP) is 3.11. The molecular weight excluding hydrogens is 252 g/mol. The van der Waals surface area contributed by atoms with E-state index in [1.54, 1.807) is 13.3 Å². The first-order valence-electron chi connectivity index (χ1n) is 6.30. The molecule has 98 valence electrons. The van der Waals surface area contributed by atoms with Crippen molar-refractivity contribution >= 4 is 21.9 Å². The van der Waals surface area contributed by atoms with Crippen molar-refractivity contribution in [1.82, 2.24) is 19.9 Å². The molecule has 20 heavy (non-hydrogen) atoms. The van der Waals surface area contributed by atoms with Crippen molar-refractivity contribution in [2.45, 2.75) is 0 Å². The molecule has 0 aromatic carbocycles. The first-order valence-corrected chi connectivity index (χ1v) is 6.30. The molecule has 2 N–H and O–H groups in total. The Morgan fingerprint density at radius 2 is 2.10 bits per heavy atom.